The molecule has 0 aromatic carbocycles. The fraction of sp³-hybridized carbons (Fsp3) is 0.767. The molecule has 1 aromatic heterocycles. The molecule has 4 fully saturated rings. The molecule has 4 aliphatic carbocycles. The summed E-state index contributed by atoms with van der Waals surface area (Å²) in [5.41, 5.74) is 2.66. The third-order valence-corrected chi connectivity index (χ3v) is 11.4. The van der Waals surface area contributed by atoms with Gasteiger partial charge in [-0.15, -0.1) is 0 Å². The summed E-state index contributed by atoms with van der Waals surface area (Å²) in [6, 6.07) is 3.52. The summed E-state index contributed by atoms with van der Waals surface area (Å²) < 4.78 is 17.0. The monoisotopic (exact) mass is 530 g/mol. The molecule has 2 heterocycles. The average molecular weight is 531 g/mol. The van der Waals surface area contributed by atoms with E-state index in [9.17, 15) is 25.2 Å². The van der Waals surface area contributed by atoms with E-state index >= 15 is 0 Å². The van der Waals surface area contributed by atoms with Gasteiger partial charge in [-0.25, -0.2) is 4.79 Å². The molecule has 0 spiro atoms. The molecule has 12 unspecified atom stereocenters. The molecule has 0 amide bonds. The molecule has 1 aromatic rings. The zero-order valence-corrected chi connectivity index (χ0v) is 22.4. The van der Waals surface area contributed by atoms with Crippen LogP contribution in [0, 0.1) is 28.6 Å². The van der Waals surface area contributed by atoms with E-state index in [2.05, 4.69) is 19.9 Å². The first-order valence-electron chi connectivity index (χ1n) is 14.4. The molecule has 3 saturated carbocycles. The number of allylic oxidation sites excluding steroid dienone is 1. The minimum atomic E-state index is -1.43. The van der Waals surface area contributed by atoms with Crippen LogP contribution < -0.4 is 5.63 Å². The van der Waals surface area contributed by atoms with Crippen molar-refractivity contribution in [3.63, 3.8) is 0 Å². The van der Waals surface area contributed by atoms with Crippen molar-refractivity contribution in [2.24, 2.45) is 28.6 Å². The maximum atomic E-state index is 11.5. The standard InChI is InChI=1S/C30H42O8/c1-29-11-9-18(37-28-27(35)26(34)25(33)23(14-31)38-28)13-17(29)4-5-19-21-7-6-20(16-3-8-24(32)36-15-16)30(21,2)12-10-22(19)29/h3,8,13,15,18-23,25-28,31,33-35H,4-7,9-12,14H2,1-2H3. The summed E-state index contributed by atoms with van der Waals surface area (Å²) in [6.45, 7) is 4.44. The fourth-order valence-corrected chi connectivity index (χ4v) is 9.27. The van der Waals surface area contributed by atoms with Gasteiger partial charge >= 0.3 is 5.63 Å². The molecule has 4 N–H and O–H groups in total. The first-order valence-corrected chi connectivity index (χ1v) is 14.4. The van der Waals surface area contributed by atoms with Crippen molar-refractivity contribution in [1.29, 1.82) is 0 Å². The molecular formula is C30H42O8. The maximum Gasteiger partial charge on any atom is 0.335 e. The first-order chi connectivity index (χ1) is 18.2. The van der Waals surface area contributed by atoms with Gasteiger partial charge in [-0.1, -0.05) is 25.5 Å². The Morgan fingerprint density at radius 2 is 1.79 bits per heavy atom. The van der Waals surface area contributed by atoms with Crippen molar-refractivity contribution >= 4 is 0 Å². The van der Waals surface area contributed by atoms with Crippen LogP contribution in [-0.2, 0) is 9.47 Å². The van der Waals surface area contributed by atoms with E-state index in [-0.39, 0.29) is 22.6 Å². The Labute approximate surface area is 223 Å². The first kappa shape index (κ1) is 26.7. The number of aliphatic hydroxyl groups is 4. The Morgan fingerprint density at radius 3 is 2.53 bits per heavy atom. The Bertz CT molecular complexity index is 1090. The fourth-order valence-electron chi connectivity index (χ4n) is 9.27. The van der Waals surface area contributed by atoms with Crippen LogP contribution in [0.5, 0.6) is 0 Å². The smallest absolute Gasteiger partial charge is 0.335 e. The quantitative estimate of drug-likeness (QED) is 0.438. The van der Waals surface area contributed by atoms with E-state index < -0.39 is 37.3 Å². The Morgan fingerprint density at radius 1 is 0.974 bits per heavy atom. The largest absolute Gasteiger partial charge is 0.431 e. The number of rotatable bonds is 4. The van der Waals surface area contributed by atoms with Crippen molar-refractivity contribution < 1.29 is 34.3 Å². The van der Waals surface area contributed by atoms with Crippen molar-refractivity contribution in [3.05, 3.63) is 46.0 Å². The SMILES string of the molecule is CC12CCC(OC3OC(CO)C(O)C(O)C3O)C=C1CCC1C2CCC2(C)C(c3ccc(=O)oc3)CCC12. The molecule has 1 saturated heterocycles. The summed E-state index contributed by atoms with van der Waals surface area (Å²) in [7, 11) is 0. The van der Waals surface area contributed by atoms with Crippen molar-refractivity contribution in [1.82, 2.24) is 0 Å². The molecule has 6 rings (SSSR count). The van der Waals surface area contributed by atoms with Gasteiger partial charge in [-0.3, -0.25) is 0 Å². The molecule has 8 nitrogen and oxygen atoms in total. The zero-order valence-electron chi connectivity index (χ0n) is 22.4. The van der Waals surface area contributed by atoms with Crippen LogP contribution in [0.1, 0.15) is 76.7 Å². The van der Waals surface area contributed by atoms with Gasteiger partial charge in [-0.05, 0) is 97.5 Å². The second-order valence-corrected chi connectivity index (χ2v) is 13.0. The summed E-state index contributed by atoms with van der Waals surface area (Å²) >= 11 is 0. The van der Waals surface area contributed by atoms with Crippen LogP contribution >= 0.6 is 0 Å². The van der Waals surface area contributed by atoms with Gasteiger partial charge in [0.15, 0.2) is 6.29 Å². The second kappa shape index (κ2) is 9.82. The van der Waals surface area contributed by atoms with E-state index in [0.29, 0.717) is 23.7 Å². The van der Waals surface area contributed by atoms with E-state index in [1.54, 1.807) is 12.3 Å². The van der Waals surface area contributed by atoms with Gasteiger partial charge in [0.2, 0.25) is 0 Å². The third kappa shape index (κ3) is 4.14. The summed E-state index contributed by atoms with van der Waals surface area (Å²) in [4.78, 5) is 11.5. The van der Waals surface area contributed by atoms with E-state index in [1.807, 2.05) is 6.07 Å². The lowest BCUT2D eigenvalue weighted by Crippen LogP contribution is -2.59. The van der Waals surface area contributed by atoms with Crippen molar-refractivity contribution in [3.8, 4) is 0 Å². The van der Waals surface area contributed by atoms with E-state index in [0.717, 1.165) is 32.1 Å². The second-order valence-electron chi connectivity index (χ2n) is 13.0. The lowest BCUT2D eigenvalue weighted by molar-refractivity contribution is -0.308. The minimum Gasteiger partial charge on any atom is -0.431 e. The average Bonchev–Trinajstić information content (AvgIpc) is 3.27. The van der Waals surface area contributed by atoms with E-state index in [4.69, 9.17) is 13.9 Å². The summed E-state index contributed by atoms with van der Waals surface area (Å²) in [5, 5.41) is 40.2. The predicted molar refractivity (Wildman–Crippen MR) is 138 cm³/mol. The van der Waals surface area contributed by atoms with Crippen LogP contribution in [0.4, 0.5) is 0 Å². The van der Waals surface area contributed by atoms with Crippen LogP contribution in [0.25, 0.3) is 0 Å². The molecule has 12 atom stereocenters. The Hall–Kier alpha value is -1.55. The highest BCUT2D eigenvalue weighted by Crippen LogP contribution is 2.68. The molecule has 0 bridgehead atoms. The molecule has 0 radical (unpaired) electrons. The Balaban J connectivity index is 1.18. The van der Waals surface area contributed by atoms with Crippen LogP contribution in [-0.4, -0.2) is 63.8 Å². The highest BCUT2D eigenvalue weighted by atomic mass is 16.7. The molecule has 1 aliphatic heterocycles. The molecule has 210 valence electrons. The topological polar surface area (TPSA) is 130 Å². The summed E-state index contributed by atoms with van der Waals surface area (Å²) in [5.74, 6) is 2.41. The van der Waals surface area contributed by atoms with Gasteiger partial charge < -0.3 is 34.3 Å². The minimum absolute atomic E-state index is 0.122. The van der Waals surface area contributed by atoms with Gasteiger partial charge in [0.05, 0.1) is 19.0 Å². The molecule has 5 aliphatic rings. The van der Waals surface area contributed by atoms with Crippen LogP contribution in [0.15, 0.2) is 39.3 Å². The summed E-state index contributed by atoms with van der Waals surface area (Å²) in [6.07, 6.45) is 6.14. The number of hydrogen-bond donors (Lipinski definition) is 4. The maximum absolute atomic E-state index is 11.5. The van der Waals surface area contributed by atoms with E-state index in [1.165, 1.54) is 30.4 Å². The number of fused-ring (bicyclic) bond motifs is 5. The third-order valence-electron chi connectivity index (χ3n) is 11.4. The highest BCUT2D eigenvalue weighted by Gasteiger charge is 2.59. The molecular weight excluding hydrogens is 488 g/mol. The van der Waals surface area contributed by atoms with Crippen LogP contribution in [0.3, 0.4) is 0 Å². The van der Waals surface area contributed by atoms with Gasteiger partial charge in [0.1, 0.15) is 24.4 Å². The van der Waals surface area contributed by atoms with Crippen LogP contribution in [0.2, 0.25) is 0 Å². The lowest BCUT2D eigenvalue weighted by atomic mass is 9.46. The van der Waals surface area contributed by atoms with Gasteiger partial charge in [-0.2, -0.15) is 0 Å². The van der Waals surface area contributed by atoms with Gasteiger partial charge in [0, 0.05) is 6.07 Å². The molecule has 8 heteroatoms. The number of ether oxygens (including phenoxy) is 2. The van der Waals surface area contributed by atoms with Gasteiger partial charge in [0.25, 0.3) is 0 Å². The Kier molecular flexibility index (Phi) is 6.89. The number of aliphatic hydroxyl groups excluding tert-OH is 4. The predicted octanol–water partition coefficient (Wildman–Crippen LogP) is 2.87. The van der Waals surface area contributed by atoms with Crippen molar-refractivity contribution in [2.45, 2.75) is 108 Å². The highest BCUT2D eigenvalue weighted by molar-refractivity contribution is 5.28. The zero-order chi connectivity index (χ0) is 26.8. The number of hydrogen-bond acceptors (Lipinski definition) is 8. The van der Waals surface area contributed by atoms with Crippen molar-refractivity contribution in [2.75, 3.05) is 6.61 Å². The molecule has 38 heavy (non-hydrogen) atoms. The lowest BCUT2D eigenvalue weighted by Gasteiger charge is -2.58. The normalized spacial score (nSPS) is 48.5.